The predicted molar refractivity (Wildman–Crippen MR) is 110 cm³/mol. The summed E-state index contributed by atoms with van der Waals surface area (Å²) in [6, 6.07) is 0. The fourth-order valence-electron chi connectivity index (χ4n) is 0.990. The van der Waals surface area contributed by atoms with Crippen molar-refractivity contribution in [2.24, 2.45) is 23.7 Å². The Bertz CT molecular complexity index is 339. The van der Waals surface area contributed by atoms with Gasteiger partial charge in [-0.15, -0.1) is 0 Å². The molecular weight excluding hydrogens is 321 g/mol. The van der Waals surface area contributed by atoms with Crippen molar-refractivity contribution < 1.29 is 13.2 Å². The van der Waals surface area contributed by atoms with Gasteiger partial charge < -0.3 is 0 Å². The van der Waals surface area contributed by atoms with Crippen molar-refractivity contribution in [3.8, 4) is 0 Å². The number of allylic oxidation sites excluding steroid dienone is 6. The van der Waals surface area contributed by atoms with Crippen LogP contribution in [-0.4, -0.2) is 0 Å². The van der Waals surface area contributed by atoms with Crippen LogP contribution in [0.15, 0.2) is 48.9 Å². The van der Waals surface area contributed by atoms with Crippen LogP contribution >= 0.6 is 0 Å². The third-order valence-corrected chi connectivity index (χ3v) is 2.22. The molecular formula is C22H41F3. The summed E-state index contributed by atoms with van der Waals surface area (Å²) in [5.74, 6) is 1.06. The fourth-order valence-corrected chi connectivity index (χ4v) is 0.990. The summed E-state index contributed by atoms with van der Waals surface area (Å²) in [6.07, 6.45) is 7.90. The van der Waals surface area contributed by atoms with Crippen molar-refractivity contribution in [1.82, 2.24) is 0 Å². The van der Waals surface area contributed by atoms with Crippen molar-refractivity contribution in [1.29, 1.82) is 0 Å². The van der Waals surface area contributed by atoms with E-state index in [0.717, 1.165) is 5.92 Å². The fraction of sp³-hybridized carbons (Fsp3) is 0.636. The minimum Gasteiger partial charge on any atom is -0.216 e. The summed E-state index contributed by atoms with van der Waals surface area (Å²) in [6.45, 7) is 22.2. The lowest BCUT2D eigenvalue weighted by molar-refractivity contribution is 0.524. The highest BCUT2D eigenvalue weighted by molar-refractivity contribution is 4.88. The highest BCUT2D eigenvalue weighted by atomic mass is 19.1. The summed E-state index contributed by atoms with van der Waals surface area (Å²) in [5, 5.41) is 0. The van der Waals surface area contributed by atoms with Gasteiger partial charge in [-0.05, 0) is 31.6 Å². The van der Waals surface area contributed by atoms with Crippen LogP contribution in [0.1, 0.15) is 69.2 Å². The average Bonchev–Trinajstić information content (AvgIpc) is 2.38. The van der Waals surface area contributed by atoms with E-state index in [4.69, 9.17) is 0 Å². The molecule has 0 unspecified atom stereocenters. The van der Waals surface area contributed by atoms with Gasteiger partial charge in [0.05, 0.1) is 18.0 Å². The third kappa shape index (κ3) is 60.3. The molecule has 0 heterocycles. The minimum absolute atomic E-state index is 0.00926. The highest BCUT2D eigenvalue weighted by Crippen LogP contribution is 2.05. The Morgan fingerprint density at radius 3 is 1.16 bits per heavy atom. The second-order valence-electron chi connectivity index (χ2n) is 6.93. The zero-order valence-electron chi connectivity index (χ0n) is 18.0. The van der Waals surface area contributed by atoms with Gasteiger partial charge in [0.1, 0.15) is 0 Å². The molecule has 150 valence electrons. The van der Waals surface area contributed by atoms with Crippen LogP contribution in [0.2, 0.25) is 0 Å². The van der Waals surface area contributed by atoms with Crippen LogP contribution in [0.4, 0.5) is 13.2 Å². The Hall–Kier alpha value is -1.25. The van der Waals surface area contributed by atoms with Gasteiger partial charge >= 0.3 is 0 Å². The molecule has 0 aliphatic rings. The second kappa shape index (κ2) is 22.8. The molecule has 0 fully saturated rings. The lowest BCUT2D eigenvalue weighted by atomic mass is 10.2. The molecule has 0 nitrogen and oxygen atoms in total. The number of halogens is 3. The minimum atomic E-state index is -0.241. The molecule has 0 rings (SSSR count). The molecule has 0 atom stereocenters. The number of rotatable bonds is 4. The standard InChI is InChI=1S/C6H11F.C6H12.2C5H9F/c1-5(2)4-6(3)7;1-4-5-6(2)3;1-5(2)3-4-6;1-4(2)5(3)6/h4-5H,1-3H3;4-6H,1-3H3;3-5H,1-2H3;4H,3H2,1-2H3/b6-4+;5-4-;4-3+;. The molecule has 0 aromatic carbocycles. The normalized spacial score (nSPS) is 11.3. The Kier molecular flexibility index (Phi) is 28.7. The van der Waals surface area contributed by atoms with Gasteiger partial charge in [0.2, 0.25) is 0 Å². The zero-order chi connectivity index (χ0) is 21.0. The zero-order valence-corrected chi connectivity index (χ0v) is 18.0. The summed E-state index contributed by atoms with van der Waals surface area (Å²) in [5.41, 5.74) is 0. The SMILES string of the molecule is C/C(F)=C\C(C)C.C/C=C\C(C)C.C=C(F)C(C)C.CC(C)/C=C/F. The van der Waals surface area contributed by atoms with Crippen LogP contribution in [0, 0.1) is 23.7 Å². The van der Waals surface area contributed by atoms with Crippen LogP contribution in [0.5, 0.6) is 0 Å². The number of hydrogen-bond acceptors (Lipinski definition) is 0. The van der Waals surface area contributed by atoms with Crippen molar-refractivity contribution in [2.75, 3.05) is 0 Å². The van der Waals surface area contributed by atoms with Crippen molar-refractivity contribution in [3.63, 3.8) is 0 Å². The van der Waals surface area contributed by atoms with Gasteiger partial charge in [-0.2, -0.15) is 0 Å². The second-order valence-corrected chi connectivity index (χ2v) is 6.93. The predicted octanol–water partition coefficient (Wildman–Crippen LogP) is 8.99. The third-order valence-electron chi connectivity index (χ3n) is 2.22. The van der Waals surface area contributed by atoms with Crippen LogP contribution in [0.25, 0.3) is 0 Å². The van der Waals surface area contributed by atoms with E-state index in [2.05, 4.69) is 32.6 Å². The van der Waals surface area contributed by atoms with Crippen LogP contribution in [-0.2, 0) is 0 Å². The van der Waals surface area contributed by atoms with Crippen molar-refractivity contribution in [2.45, 2.75) is 69.2 Å². The van der Waals surface area contributed by atoms with Crippen LogP contribution in [0.3, 0.4) is 0 Å². The van der Waals surface area contributed by atoms with E-state index >= 15 is 0 Å². The van der Waals surface area contributed by atoms with E-state index in [1.54, 1.807) is 19.9 Å². The lowest BCUT2D eigenvalue weighted by Gasteiger charge is -1.92. The maximum atomic E-state index is 11.8. The Balaban J connectivity index is -0.000000118. The average molecular weight is 363 g/mol. The molecule has 0 aromatic rings. The van der Waals surface area contributed by atoms with Crippen molar-refractivity contribution in [3.05, 3.63) is 48.9 Å². The van der Waals surface area contributed by atoms with Crippen molar-refractivity contribution >= 4 is 0 Å². The van der Waals surface area contributed by atoms with Gasteiger partial charge in [0.15, 0.2) is 0 Å². The maximum Gasteiger partial charge on any atom is 0.0953 e. The summed E-state index contributed by atoms with van der Waals surface area (Å²) < 4.78 is 34.5. The van der Waals surface area contributed by atoms with Gasteiger partial charge in [0.25, 0.3) is 0 Å². The Labute approximate surface area is 155 Å². The summed E-state index contributed by atoms with van der Waals surface area (Å²) >= 11 is 0. The maximum absolute atomic E-state index is 11.8. The summed E-state index contributed by atoms with van der Waals surface area (Å²) in [7, 11) is 0. The molecule has 25 heavy (non-hydrogen) atoms. The molecule has 0 bridgehead atoms. The quantitative estimate of drug-likeness (QED) is 0.438. The van der Waals surface area contributed by atoms with E-state index in [0.29, 0.717) is 18.2 Å². The molecule has 0 radical (unpaired) electrons. The first kappa shape index (κ1) is 31.5. The molecule has 0 aromatic heterocycles. The topological polar surface area (TPSA) is 0 Å². The van der Waals surface area contributed by atoms with E-state index in [1.165, 1.54) is 13.0 Å². The number of hydrogen-bond donors (Lipinski definition) is 0. The smallest absolute Gasteiger partial charge is 0.0953 e. The van der Waals surface area contributed by atoms with E-state index in [9.17, 15) is 13.2 Å². The molecule has 0 aliphatic carbocycles. The first-order chi connectivity index (χ1) is 11.3. The molecule has 0 N–H and O–H groups in total. The van der Waals surface area contributed by atoms with Gasteiger partial charge in [-0.25, -0.2) is 13.2 Å². The Morgan fingerprint density at radius 2 is 1.16 bits per heavy atom. The first-order valence-electron chi connectivity index (χ1n) is 8.89. The Morgan fingerprint density at radius 1 is 0.800 bits per heavy atom. The molecule has 0 saturated heterocycles. The van der Waals surface area contributed by atoms with Gasteiger partial charge in [-0.3, -0.25) is 0 Å². The van der Waals surface area contributed by atoms with Crippen LogP contribution < -0.4 is 0 Å². The monoisotopic (exact) mass is 362 g/mol. The molecule has 0 aliphatic heterocycles. The molecule has 0 saturated carbocycles. The molecule has 3 heteroatoms. The highest BCUT2D eigenvalue weighted by Gasteiger charge is 1.92. The van der Waals surface area contributed by atoms with Gasteiger partial charge in [-0.1, -0.05) is 86.3 Å². The van der Waals surface area contributed by atoms with E-state index in [-0.39, 0.29) is 17.6 Å². The van der Waals surface area contributed by atoms with E-state index < -0.39 is 0 Å². The largest absolute Gasteiger partial charge is 0.216 e. The molecule has 0 spiro atoms. The first-order valence-corrected chi connectivity index (χ1v) is 8.89. The van der Waals surface area contributed by atoms with E-state index in [1.807, 2.05) is 34.6 Å². The van der Waals surface area contributed by atoms with Gasteiger partial charge in [0, 0.05) is 5.92 Å². The molecule has 0 amide bonds. The lowest BCUT2D eigenvalue weighted by Crippen LogP contribution is -1.81. The summed E-state index contributed by atoms with van der Waals surface area (Å²) in [4.78, 5) is 0.